The third-order valence-corrected chi connectivity index (χ3v) is 4.68. The number of carbonyl (C=O) groups excluding carboxylic acids is 1. The SMILES string of the molecule is CCC1CN(C(=O)c2csc(CN)n2)CCN1CC(C)O. The summed E-state index contributed by atoms with van der Waals surface area (Å²) in [7, 11) is 0. The van der Waals surface area contributed by atoms with Gasteiger partial charge in [-0.25, -0.2) is 4.98 Å². The zero-order valence-corrected chi connectivity index (χ0v) is 13.5. The third kappa shape index (κ3) is 4.00. The van der Waals surface area contributed by atoms with E-state index in [0.29, 0.717) is 37.9 Å². The molecule has 0 spiro atoms. The highest BCUT2D eigenvalue weighted by Crippen LogP contribution is 2.17. The summed E-state index contributed by atoms with van der Waals surface area (Å²) in [6.45, 7) is 7.11. The Morgan fingerprint density at radius 1 is 1.62 bits per heavy atom. The second-order valence-electron chi connectivity index (χ2n) is 5.49. The topological polar surface area (TPSA) is 82.7 Å². The molecule has 6 nitrogen and oxygen atoms in total. The number of thiazole rings is 1. The molecule has 2 atom stereocenters. The van der Waals surface area contributed by atoms with Crippen LogP contribution in [0.25, 0.3) is 0 Å². The van der Waals surface area contributed by atoms with Crippen molar-refractivity contribution in [3.63, 3.8) is 0 Å². The van der Waals surface area contributed by atoms with Crippen molar-refractivity contribution in [2.75, 3.05) is 26.2 Å². The first-order chi connectivity index (χ1) is 10.0. The monoisotopic (exact) mass is 312 g/mol. The lowest BCUT2D eigenvalue weighted by Gasteiger charge is -2.41. The van der Waals surface area contributed by atoms with Gasteiger partial charge in [-0.2, -0.15) is 0 Å². The first-order valence-electron chi connectivity index (χ1n) is 7.41. The number of piperazine rings is 1. The van der Waals surface area contributed by atoms with Gasteiger partial charge < -0.3 is 15.7 Å². The number of hydrogen-bond acceptors (Lipinski definition) is 6. The number of carbonyl (C=O) groups is 1. The fourth-order valence-corrected chi connectivity index (χ4v) is 3.36. The van der Waals surface area contributed by atoms with Gasteiger partial charge in [-0.15, -0.1) is 11.3 Å². The van der Waals surface area contributed by atoms with E-state index in [1.54, 1.807) is 12.3 Å². The van der Waals surface area contributed by atoms with Crippen LogP contribution in [-0.4, -0.2) is 64.1 Å². The Morgan fingerprint density at radius 2 is 2.38 bits per heavy atom. The van der Waals surface area contributed by atoms with E-state index in [2.05, 4.69) is 16.8 Å². The largest absolute Gasteiger partial charge is 0.392 e. The Bertz CT molecular complexity index is 477. The van der Waals surface area contributed by atoms with Gasteiger partial charge >= 0.3 is 0 Å². The maximum Gasteiger partial charge on any atom is 0.273 e. The molecule has 0 saturated carbocycles. The second-order valence-corrected chi connectivity index (χ2v) is 6.43. The highest BCUT2D eigenvalue weighted by atomic mass is 32.1. The van der Waals surface area contributed by atoms with Crippen molar-refractivity contribution in [3.05, 3.63) is 16.1 Å². The number of nitrogens with zero attached hydrogens (tertiary/aromatic N) is 3. The van der Waals surface area contributed by atoms with Crippen LogP contribution >= 0.6 is 11.3 Å². The van der Waals surface area contributed by atoms with E-state index in [4.69, 9.17) is 5.73 Å². The molecule has 3 N–H and O–H groups in total. The average Bonchev–Trinajstić information content (AvgIpc) is 2.95. The quantitative estimate of drug-likeness (QED) is 0.828. The van der Waals surface area contributed by atoms with Crippen LogP contribution in [0.2, 0.25) is 0 Å². The molecule has 7 heteroatoms. The number of aliphatic hydroxyl groups excluding tert-OH is 1. The van der Waals surface area contributed by atoms with Crippen molar-refractivity contribution < 1.29 is 9.90 Å². The van der Waals surface area contributed by atoms with E-state index in [-0.39, 0.29) is 12.0 Å². The van der Waals surface area contributed by atoms with E-state index >= 15 is 0 Å². The summed E-state index contributed by atoms with van der Waals surface area (Å²) < 4.78 is 0. The van der Waals surface area contributed by atoms with Crippen molar-refractivity contribution in [1.29, 1.82) is 0 Å². The van der Waals surface area contributed by atoms with Crippen LogP contribution in [0.15, 0.2) is 5.38 Å². The van der Waals surface area contributed by atoms with Crippen molar-refractivity contribution in [3.8, 4) is 0 Å². The Labute approximate surface area is 129 Å². The van der Waals surface area contributed by atoms with E-state index in [1.807, 2.05) is 4.90 Å². The van der Waals surface area contributed by atoms with Gasteiger partial charge in [0.2, 0.25) is 0 Å². The van der Waals surface area contributed by atoms with Crippen molar-refractivity contribution in [2.24, 2.45) is 5.73 Å². The molecule has 0 aliphatic carbocycles. The van der Waals surface area contributed by atoms with Crippen molar-refractivity contribution in [2.45, 2.75) is 39.0 Å². The van der Waals surface area contributed by atoms with Crippen molar-refractivity contribution >= 4 is 17.2 Å². The molecular weight excluding hydrogens is 288 g/mol. The first-order valence-corrected chi connectivity index (χ1v) is 8.29. The normalized spacial score (nSPS) is 21.5. The molecule has 118 valence electrons. The standard InChI is InChI=1S/C14H24N4O2S/c1-3-11-8-18(5-4-17(11)7-10(2)19)14(20)12-9-21-13(6-15)16-12/h9-11,19H,3-8,15H2,1-2H3. The number of rotatable bonds is 5. The van der Waals surface area contributed by atoms with E-state index < -0.39 is 0 Å². The van der Waals surface area contributed by atoms with Gasteiger partial charge in [-0.3, -0.25) is 9.69 Å². The summed E-state index contributed by atoms with van der Waals surface area (Å²) in [5, 5.41) is 12.1. The number of hydrogen-bond donors (Lipinski definition) is 2. The number of amides is 1. The van der Waals surface area contributed by atoms with Crippen molar-refractivity contribution in [1.82, 2.24) is 14.8 Å². The second kappa shape index (κ2) is 7.31. The summed E-state index contributed by atoms with van der Waals surface area (Å²) in [6, 6.07) is 0.296. The van der Waals surface area contributed by atoms with Crippen LogP contribution in [-0.2, 0) is 6.54 Å². The Kier molecular flexibility index (Phi) is 5.69. The molecule has 1 aromatic rings. The van der Waals surface area contributed by atoms with E-state index in [0.717, 1.165) is 18.0 Å². The Morgan fingerprint density at radius 3 is 2.95 bits per heavy atom. The zero-order valence-electron chi connectivity index (χ0n) is 12.7. The minimum Gasteiger partial charge on any atom is -0.392 e. The van der Waals surface area contributed by atoms with Gasteiger partial charge in [0.25, 0.3) is 5.91 Å². The molecule has 1 saturated heterocycles. The molecule has 2 rings (SSSR count). The molecule has 1 fully saturated rings. The van der Waals surface area contributed by atoms with Crippen LogP contribution in [0, 0.1) is 0 Å². The van der Waals surface area contributed by atoms with Crippen LogP contribution < -0.4 is 5.73 Å². The van der Waals surface area contributed by atoms with Crippen LogP contribution in [0.5, 0.6) is 0 Å². The van der Waals surface area contributed by atoms with E-state index in [9.17, 15) is 9.90 Å². The van der Waals surface area contributed by atoms with Crippen LogP contribution in [0.3, 0.4) is 0 Å². The lowest BCUT2D eigenvalue weighted by molar-refractivity contribution is 0.0307. The minimum absolute atomic E-state index is 0.0129. The summed E-state index contributed by atoms with van der Waals surface area (Å²) >= 11 is 1.43. The number of nitrogens with two attached hydrogens (primary N) is 1. The summed E-state index contributed by atoms with van der Waals surface area (Å²) in [5.74, 6) is -0.0129. The fraction of sp³-hybridized carbons (Fsp3) is 0.714. The molecule has 2 unspecified atom stereocenters. The Hall–Kier alpha value is -1.02. The number of β-amino-alcohol motifs (C(OH)–C–C–N with tert-alkyl or cyclic N) is 1. The van der Waals surface area contributed by atoms with Crippen LogP contribution in [0.1, 0.15) is 35.8 Å². The molecule has 0 bridgehead atoms. The predicted molar refractivity (Wildman–Crippen MR) is 83.2 cm³/mol. The molecule has 2 heterocycles. The maximum atomic E-state index is 12.5. The van der Waals surface area contributed by atoms with Gasteiger partial charge in [0.05, 0.1) is 6.10 Å². The van der Waals surface area contributed by atoms with Gasteiger partial charge in [-0.05, 0) is 13.3 Å². The minimum atomic E-state index is -0.341. The molecule has 1 aliphatic heterocycles. The molecule has 0 radical (unpaired) electrons. The summed E-state index contributed by atoms with van der Waals surface area (Å²) in [4.78, 5) is 20.9. The average molecular weight is 312 g/mol. The molecule has 1 amide bonds. The highest BCUT2D eigenvalue weighted by molar-refractivity contribution is 7.09. The van der Waals surface area contributed by atoms with Crippen LogP contribution in [0.4, 0.5) is 0 Å². The number of aromatic nitrogens is 1. The van der Waals surface area contributed by atoms with Gasteiger partial charge in [0.15, 0.2) is 0 Å². The lowest BCUT2D eigenvalue weighted by atomic mass is 10.1. The molecule has 1 aliphatic rings. The smallest absolute Gasteiger partial charge is 0.273 e. The molecule has 1 aromatic heterocycles. The third-order valence-electron chi connectivity index (χ3n) is 3.81. The highest BCUT2D eigenvalue weighted by Gasteiger charge is 2.30. The number of aliphatic hydroxyl groups is 1. The van der Waals surface area contributed by atoms with Gasteiger partial charge in [0, 0.05) is 44.1 Å². The first kappa shape index (κ1) is 16.4. The van der Waals surface area contributed by atoms with Gasteiger partial charge in [-0.1, -0.05) is 6.92 Å². The zero-order chi connectivity index (χ0) is 15.4. The molecular formula is C14H24N4O2S. The summed E-state index contributed by atoms with van der Waals surface area (Å²) in [5.41, 5.74) is 6.04. The predicted octanol–water partition coefficient (Wildman–Crippen LogP) is 0.519. The maximum absolute atomic E-state index is 12.5. The van der Waals surface area contributed by atoms with Gasteiger partial charge in [0.1, 0.15) is 10.7 Å². The molecule has 21 heavy (non-hydrogen) atoms. The fourth-order valence-electron chi connectivity index (χ4n) is 2.71. The lowest BCUT2D eigenvalue weighted by Crippen LogP contribution is -2.55. The van der Waals surface area contributed by atoms with E-state index in [1.165, 1.54) is 11.3 Å². The Balaban J connectivity index is 2.00. The molecule has 0 aromatic carbocycles. The summed E-state index contributed by atoms with van der Waals surface area (Å²) in [6.07, 6.45) is 0.619.